The Bertz CT molecular complexity index is 404. The van der Waals surface area contributed by atoms with Gasteiger partial charge in [0.25, 0.3) is 0 Å². The van der Waals surface area contributed by atoms with Crippen LogP contribution in [-0.4, -0.2) is 34.5 Å². The van der Waals surface area contributed by atoms with Crippen molar-refractivity contribution in [2.24, 2.45) is 11.7 Å². The molecule has 2 unspecified atom stereocenters. The van der Waals surface area contributed by atoms with E-state index in [4.69, 9.17) is 24.7 Å². The summed E-state index contributed by atoms with van der Waals surface area (Å²) in [5.74, 6) is 2.18. The lowest BCUT2D eigenvalue weighted by atomic mass is 9.93. The van der Waals surface area contributed by atoms with Gasteiger partial charge in [-0.15, -0.1) is 0 Å². The van der Waals surface area contributed by atoms with Crippen molar-refractivity contribution in [2.45, 2.75) is 12.5 Å². The van der Waals surface area contributed by atoms with Crippen molar-refractivity contribution in [1.82, 2.24) is 0 Å². The average molecular weight is 267 g/mol. The third kappa shape index (κ3) is 2.77. The van der Waals surface area contributed by atoms with Crippen molar-refractivity contribution in [3.05, 3.63) is 17.7 Å². The van der Waals surface area contributed by atoms with Crippen molar-refractivity contribution in [2.75, 3.05) is 34.5 Å². The molecule has 1 aliphatic rings. The van der Waals surface area contributed by atoms with Gasteiger partial charge in [-0.3, -0.25) is 0 Å². The van der Waals surface area contributed by atoms with Crippen LogP contribution in [0.1, 0.15) is 18.0 Å². The zero-order chi connectivity index (χ0) is 13.8. The molecular weight excluding hydrogens is 246 g/mol. The van der Waals surface area contributed by atoms with E-state index in [9.17, 15) is 0 Å². The summed E-state index contributed by atoms with van der Waals surface area (Å²) in [5.41, 5.74) is 7.28. The Morgan fingerprint density at radius 3 is 2.21 bits per heavy atom. The predicted molar refractivity (Wildman–Crippen MR) is 72.0 cm³/mol. The molecule has 106 valence electrons. The lowest BCUT2D eigenvalue weighted by Gasteiger charge is -2.21. The van der Waals surface area contributed by atoms with Gasteiger partial charge >= 0.3 is 0 Å². The van der Waals surface area contributed by atoms with Crippen LogP contribution >= 0.6 is 0 Å². The molecule has 0 spiro atoms. The Morgan fingerprint density at radius 2 is 1.79 bits per heavy atom. The Balaban J connectivity index is 2.34. The van der Waals surface area contributed by atoms with E-state index in [1.54, 1.807) is 21.3 Å². The largest absolute Gasteiger partial charge is 0.493 e. The molecule has 0 radical (unpaired) electrons. The second-order valence-corrected chi connectivity index (χ2v) is 4.61. The molecule has 5 nitrogen and oxygen atoms in total. The van der Waals surface area contributed by atoms with Gasteiger partial charge in [0, 0.05) is 18.6 Å². The Kier molecular flexibility index (Phi) is 4.50. The van der Waals surface area contributed by atoms with E-state index in [1.807, 2.05) is 12.1 Å². The number of methoxy groups -OCH3 is 3. The van der Waals surface area contributed by atoms with Gasteiger partial charge in [-0.1, -0.05) is 0 Å². The van der Waals surface area contributed by atoms with Crippen LogP contribution in [0.3, 0.4) is 0 Å². The molecule has 1 aromatic carbocycles. The number of benzene rings is 1. The average Bonchev–Trinajstić information content (AvgIpc) is 2.98. The van der Waals surface area contributed by atoms with E-state index in [-0.39, 0.29) is 6.04 Å². The van der Waals surface area contributed by atoms with Gasteiger partial charge in [-0.25, -0.2) is 0 Å². The van der Waals surface area contributed by atoms with Crippen LogP contribution in [0.2, 0.25) is 0 Å². The summed E-state index contributed by atoms with van der Waals surface area (Å²) in [6, 6.07) is 3.73. The summed E-state index contributed by atoms with van der Waals surface area (Å²) in [6.07, 6.45) is 0.984. The van der Waals surface area contributed by atoms with E-state index in [0.29, 0.717) is 29.8 Å². The van der Waals surface area contributed by atoms with E-state index in [2.05, 4.69) is 0 Å². The monoisotopic (exact) mass is 267 g/mol. The molecule has 0 aromatic heterocycles. The van der Waals surface area contributed by atoms with Gasteiger partial charge in [-0.2, -0.15) is 0 Å². The maximum absolute atomic E-state index is 6.31. The van der Waals surface area contributed by atoms with E-state index >= 15 is 0 Å². The SMILES string of the molecule is COc1cc(C(N)C2CCOC2)cc(OC)c1OC. The standard InChI is InChI=1S/C14H21NO4/c1-16-11-6-10(7-12(17-2)14(11)18-3)13(15)9-4-5-19-8-9/h6-7,9,13H,4-5,8,15H2,1-3H3. The molecule has 0 saturated carbocycles. The van der Waals surface area contributed by atoms with Gasteiger partial charge in [0.2, 0.25) is 5.75 Å². The number of hydrogen-bond donors (Lipinski definition) is 1. The van der Waals surface area contributed by atoms with Gasteiger partial charge in [-0.05, 0) is 24.1 Å². The fourth-order valence-electron chi connectivity index (χ4n) is 2.40. The smallest absolute Gasteiger partial charge is 0.203 e. The topological polar surface area (TPSA) is 62.9 Å². The Labute approximate surface area is 113 Å². The maximum atomic E-state index is 6.31. The summed E-state index contributed by atoms with van der Waals surface area (Å²) in [5, 5.41) is 0. The highest BCUT2D eigenvalue weighted by molar-refractivity contribution is 5.54. The zero-order valence-corrected chi connectivity index (χ0v) is 11.6. The number of ether oxygens (including phenoxy) is 4. The molecule has 0 amide bonds. The van der Waals surface area contributed by atoms with Gasteiger partial charge in [0.05, 0.1) is 27.9 Å². The van der Waals surface area contributed by atoms with Crippen molar-refractivity contribution < 1.29 is 18.9 Å². The molecule has 1 saturated heterocycles. The molecule has 1 fully saturated rings. The third-order valence-corrected chi connectivity index (χ3v) is 3.54. The van der Waals surface area contributed by atoms with Crippen LogP contribution in [-0.2, 0) is 4.74 Å². The molecular formula is C14H21NO4. The molecule has 1 aromatic rings. The first-order chi connectivity index (χ1) is 9.21. The second-order valence-electron chi connectivity index (χ2n) is 4.61. The molecule has 1 heterocycles. The summed E-state index contributed by atoms with van der Waals surface area (Å²) in [6.45, 7) is 1.49. The summed E-state index contributed by atoms with van der Waals surface area (Å²) in [7, 11) is 4.79. The number of hydrogen-bond acceptors (Lipinski definition) is 5. The predicted octanol–water partition coefficient (Wildman–Crippen LogP) is 1.75. The van der Waals surface area contributed by atoms with Gasteiger partial charge in [0.1, 0.15) is 0 Å². The van der Waals surface area contributed by atoms with Crippen LogP contribution in [0.25, 0.3) is 0 Å². The molecule has 1 aliphatic heterocycles. The summed E-state index contributed by atoms with van der Waals surface area (Å²) < 4.78 is 21.4. The number of rotatable bonds is 5. The van der Waals surface area contributed by atoms with Gasteiger partial charge in [0.15, 0.2) is 11.5 Å². The van der Waals surface area contributed by atoms with E-state index < -0.39 is 0 Å². The van der Waals surface area contributed by atoms with Crippen LogP contribution in [0.5, 0.6) is 17.2 Å². The highest BCUT2D eigenvalue weighted by atomic mass is 16.5. The Morgan fingerprint density at radius 1 is 1.16 bits per heavy atom. The van der Waals surface area contributed by atoms with Crippen LogP contribution < -0.4 is 19.9 Å². The minimum Gasteiger partial charge on any atom is -0.493 e. The third-order valence-electron chi connectivity index (χ3n) is 3.54. The zero-order valence-electron chi connectivity index (χ0n) is 11.6. The minimum atomic E-state index is -0.0868. The van der Waals surface area contributed by atoms with Crippen molar-refractivity contribution in [3.63, 3.8) is 0 Å². The minimum absolute atomic E-state index is 0.0868. The molecule has 2 N–H and O–H groups in total. The normalized spacial score (nSPS) is 20.1. The van der Waals surface area contributed by atoms with Crippen molar-refractivity contribution in [1.29, 1.82) is 0 Å². The van der Waals surface area contributed by atoms with Crippen LogP contribution in [0.15, 0.2) is 12.1 Å². The van der Waals surface area contributed by atoms with Crippen LogP contribution in [0.4, 0.5) is 0 Å². The Hall–Kier alpha value is -1.46. The van der Waals surface area contributed by atoms with Gasteiger partial charge < -0.3 is 24.7 Å². The first-order valence-corrected chi connectivity index (χ1v) is 6.34. The lowest BCUT2D eigenvalue weighted by molar-refractivity contribution is 0.181. The van der Waals surface area contributed by atoms with Crippen molar-refractivity contribution >= 4 is 0 Å². The maximum Gasteiger partial charge on any atom is 0.203 e. The fourth-order valence-corrected chi connectivity index (χ4v) is 2.40. The second kappa shape index (κ2) is 6.12. The first-order valence-electron chi connectivity index (χ1n) is 6.34. The first kappa shape index (κ1) is 14.0. The van der Waals surface area contributed by atoms with Crippen molar-refractivity contribution in [3.8, 4) is 17.2 Å². The molecule has 0 aliphatic carbocycles. The lowest BCUT2D eigenvalue weighted by Crippen LogP contribution is -2.21. The summed E-state index contributed by atoms with van der Waals surface area (Å²) in [4.78, 5) is 0. The number of nitrogens with two attached hydrogens (primary N) is 1. The van der Waals surface area contributed by atoms with E-state index in [0.717, 1.165) is 18.6 Å². The van der Waals surface area contributed by atoms with E-state index in [1.165, 1.54) is 0 Å². The fraction of sp³-hybridized carbons (Fsp3) is 0.571. The molecule has 2 atom stereocenters. The highest BCUT2D eigenvalue weighted by Gasteiger charge is 2.26. The molecule has 0 bridgehead atoms. The van der Waals surface area contributed by atoms with Crippen LogP contribution in [0, 0.1) is 5.92 Å². The summed E-state index contributed by atoms with van der Waals surface area (Å²) >= 11 is 0. The quantitative estimate of drug-likeness (QED) is 0.880. The highest BCUT2D eigenvalue weighted by Crippen LogP contribution is 2.41. The molecule has 5 heteroatoms. The molecule has 2 rings (SSSR count). The molecule has 19 heavy (non-hydrogen) atoms.